The molecule has 16 heavy (non-hydrogen) atoms. The first-order valence-electron chi connectivity index (χ1n) is 5.36. The highest BCUT2D eigenvalue weighted by Gasteiger charge is 2.40. The summed E-state index contributed by atoms with van der Waals surface area (Å²) in [5.41, 5.74) is 4.78. The van der Waals surface area contributed by atoms with Gasteiger partial charge in [-0.1, -0.05) is 19.3 Å². The number of hydrogen-bond acceptors (Lipinski definition) is 2. The number of rotatable bonds is 2. The van der Waals surface area contributed by atoms with Crippen molar-refractivity contribution in [1.82, 2.24) is 4.90 Å². The van der Waals surface area contributed by atoms with Crippen LogP contribution in [0.25, 0.3) is 0 Å². The summed E-state index contributed by atoms with van der Waals surface area (Å²) < 4.78 is 36.4. The number of nitrogens with zero attached hydrogens (tertiary/aromatic N) is 1. The molecule has 2 N–H and O–H groups in total. The van der Waals surface area contributed by atoms with E-state index in [0.717, 1.165) is 26.3 Å². The van der Waals surface area contributed by atoms with Crippen molar-refractivity contribution in [3.8, 4) is 0 Å². The molecular weight excluding hydrogens is 221 g/mol. The SMILES string of the molecule is CN(CC(F)(F)F)C(=O)C1(N)CCCCC1. The molecule has 1 fully saturated rings. The Morgan fingerprint density at radius 3 is 2.25 bits per heavy atom. The summed E-state index contributed by atoms with van der Waals surface area (Å²) in [5, 5.41) is 0. The Bertz CT molecular complexity index is 259. The van der Waals surface area contributed by atoms with E-state index in [-0.39, 0.29) is 0 Å². The minimum Gasteiger partial charge on any atom is -0.335 e. The van der Waals surface area contributed by atoms with E-state index in [1.807, 2.05) is 0 Å². The summed E-state index contributed by atoms with van der Waals surface area (Å²) in [5.74, 6) is -0.593. The van der Waals surface area contributed by atoms with Gasteiger partial charge in [-0.15, -0.1) is 0 Å². The molecular formula is C10H17F3N2O. The van der Waals surface area contributed by atoms with Crippen LogP contribution in [0.1, 0.15) is 32.1 Å². The van der Waals surface area contributed by atoms with Crippen molar-refractivity contribution in [2.24, 2.45) is 5.73 Å². The third-order valence-electron chi connectivity index (χ3n) is 2.93. The summed E-state index contributed by atoms with van der Waals surface area (Å²) in [6.07, 6.45) is -0.795. The van der Waals surface area contributed by atoms with Crippen molar-refractivity contribution in [3.63, 3.8) is 0 Å². The molecule has 0 aliphatic heterocycles. The first-order valence-corrected chi connectivity index (χ1v) is 5.36. The van der Waals surface area contributed by atoms with Crippen molar-refractivity contribution < 1.29 is 18.0 Å². The zero-order valence-electron chi connectivity index (χ0n) is 9.31. The molecule has 1 saturated carbocycles. The Morgan fingerprint density at radius 2 is 1.81 bits per heavy atom. The fourth-order valence-electron chi connectivity index (χ4n) is 2.12. The van der Waals surface area contributed by atoms with Gasteiger partial charge in [0.05, 0.1) is 5.54 Å². The first-order chi connectivity index (χ1) is 7.25. The van der Waals surface area contributed by atoms with Crippen LogP contribution in [0.15, 0.2) is 0 Å². The molecule has 0 aromatic heterocycles. The van der Waals surface area contributed by atoms with Crippen molar-refractivity contribution in [2.75, 3.05) is 13.6 Å². The zero-order chi connectivity index (χ0) is 12.4. The molecule has 6 heteroatoms. The van der Waals surface area contributed by atoms with Gasteiger partial charge in [0, 0.05) is 7.05 Å². The Kier molecular flexibility index (Phi) is 3.83. The molecule has 0 atom stereocenters. The van der Waals surface area contributed by atoms with Crippen LogP contribution in [0, 0.1) is 0 Å². The Morgan fingerprint density at radius 1 is 1.31 bits per heavy atom. The van der Waals surface area contributed by atoms with Crippen LogP contribution in [-0.4, -0.2) is 36.1 Å². The van der Waals surface area contributed by atoms with Crippen LogP contribution in [-0.2, 0) is 4.79 Å². The van der Waals surface area contributed by atoms with Crippen molar-refractivity contribution >= 4 is 5.91 Å². The van der Waals surface area contributed by atoms with Crippen LogP contribution >= 0.6 is 0 Å². The number of halogens is 3. The topological polar surface area (TPSA) is 46.3 Å². The van der Waals surface area contributed by atoms with Crippen LogP contribution in [0.4, 0.5) is 13.2 Å². The normalized spacial score (nSPS) is 20.6. The summed E-state index contributed by atoms with van der Waals surface area (Å²) in [6.45, 7) is -1.23. The van der Waals surface area contributed by atoms with E-state index in [9.17, 15) is 18.0 Å². The molecule has 0 bridgehead atoms. The first kappa shape index (κ1) is 13.3. The predicted octanol–water partition coefficient (Wildman–Crippen LogP) is 1.67. The van der Waals surface area contributed by atoms with E-state index in [1.165, 1.54) is 0 Å². The molecule has 0 heterocycles. The van der Waals surface area contributed by atoms with Crippen LogP contribution in [0.5, 0.6) is 0 Å². The number of likely N-dealkylation sites (N-methyl/N-ethyl adjacent to an activating group) is 1. The molecule has 0 aromatic rings. The average molecular weight is 238 g/mol. The maximum atomic E-state index is 12.1. The minimum absolute atomic E-state index is 0.480. The van der Waals surface area contributed by atoms with Crippen molar-refractivity contribution in [2.45, 2.75) is 43.8 Å². The number of nitrogens with two attached hydrogens (primary N) is 1. The van der Waals surface area contributed by atoms with Gasteiger partial charge in [-0.3, -0.25) is 4.79 Å². The van der Waals surface area contributed by atoms with Gasteiger partial charge >= 0.3 is 6.18 Å². The highest BCUT2D eigenvalue weighted by Crippen LogP contribution is 2.28. The van der Waals surface area contributed by atoms with E-state index < -0.39 is 24.2 Å². The maximum absolute atomic E-state index is 12.1. The Hall–Kier alpha value is -0.780. The van der Waals surface area contributed by atoms with E-state index in [1.54, 1.807) is 0 Å². The van der Waals surface area contributed by atoms with Gasteiger partial charge in [0.15, 0.2) is 0 Å². The standard InChI is InChI=1S/C10H17F3N2O/c1-15(7-10(11,12)13)8(16)9(14)5-3-2-4-6-9/h2-7,14H2,1H3. The molecule has 1 aliphatic rings. The van der Waals surface area contributed by atoms with Gasteiger partial charge in [0.1, 0.15) is 6.54 Å². The summed E-state index contributed by atoms with van der Waals surface area (Å²) in [7, 11) is 1.15. The van der Waals surface area contributed by atoms with Gasteiger partial charge < -0.3 is 10.6 Å². The lowest BCUT2D eigenvalue weighted by molar-refractivity contribution is -0.162. The zero-order valence-corrected chi connectivity index (χ0v) is 9.31. The molecule has 0 radical (unpaired) electrons. The predicted molar refractivity (Wildman–Crippen MR) is 53.7 cm³/mol. The van der Waals surface area contributed by atoms with Gasteiger partial charge in [0.25, 0.3) is 0 Å². The van der Waals surface area contributed by atoms with Gasteiger partial charge in [-0.05, 0) is 12.8 Å². The highest BCUT2D eigenvalue weighted by atomic mass is 19.4. The second kappa shape index (κ2) is 4.61. The smallest absolute Gasteiger partial charge is 0.335 e. The second-order valence-corrected chi connectivity index (χ2v) is 4.49. The Labute approximate surface area is 92.8 Å². The van der Waals surface area contributed by atoms with E-state index >= 15 is 0 Å². The number of amides is 1. The average Bonchev–Trinajstić information content (AvgIpc) is 2.15. The fourth-order valence-corrected chi connectivity index (χ4v) is 2.12. The number of carbonyl (C=O) groups is 1. The summed E-state index contributed by atoms with van der Waals surface area (Å²) in [6, 6.07) is 0. The molecule has 1 aliphatic carbocycles. The fraction of sp³-hybridized carbons (Fsp3) is 0.900. The van der Waals surface area contributed by atoms with Crippen LogP contribution in [0.3, 0.4) is 0 Å². The van der Waals surface area contributed by atoms with Crippen molar-refractivity contribution in [3.05, 3.63) is 0 Å². The quantitative estimate of drug-likeness (QED) is 0.795. The second-order valence-electron chi connectivity index (χ2n) is 4.49. The molecule has 94 valence electrons. The summed E-state index contributed by atoms with van der Waals surface area (Å²) in [4.78, 5) is 12.5. The molecule has 1 rings (SSSR count). The van der Waals surface area contributed by atoms with E-state index in [0.29, 0.717) is 17.7 Å². The number of alkyl halides is 3. The number of carbonyl (C=O) groups excluding carboxylic acids is 1. The largest absolute Gasteiger partial charge is 0.406 e. The lowest BCUT2D eigenvalue weighted by Gasteiger charge is -2.35. The highest BCUT2D eigenvalue weighted by molar-refractivity contribution is 5.86. The monoisotopic (exact) mass is 238 g/mol. The molecule has 0 unspecified atom stereocenters. The third-order valence-corrected chi connectivity index (χ3v) is 2.93. The number of hydrogen-bond donors (Lipinski definition) is 1. The molecule has 1 amide bonds. The van der Waals surface area contributed by atoms with Gasteiger partial charge in [-0.25, -0.2) is 0 Å². The lowest BCUT2D eigenvalue weighted by Crippen LogP contribution is -2.56. The van der Waals surface area contributed by atoms with Gasteiger partial charge in [-0.2, -0.15) is 13.2 Å². The van der Waals surface area contributed by atoms with E-state index in [2.05, 4.69) is 0 Å². The molecule has 0 spiro atoms. The molecule has 0 saturated heterocycles. The lowest BCUT2D eigenvalue weighted by atomic mass is 9.81. The maximum Gasteiger partial charge on any atom is 0.406 e. The molecule has 3 nitrogen and oxygen atoms in total. The van der Waals surface area contributed by atoms with Crippen LogP contribution in [0.2, 0.25) is 0 Å². The minimum atomic E-state index is -4.37. The van der Waals surface area contributed by atoms with Gasteiger partial charge in [0.2, 0.25) is 5.91 Å². The van der Waals surface area contributed by atoms with Crippen molar-refractivity contribution in [1.29, 1.82) is 0 Å². The summed E-state index contributed by atoms with van der Waals surface area (Å²) >= 11 is 0. The third kappa shape index (κ3) is 3.37. The van der Waals surface area contributed by atoms with E-state index in [4.69, 9.17) is 5.73 Å². The Balaban J connectivity index is 2.62. The van der Waals surface area contributed by atoms with Crippen LogP contribution < -0.4 is 5.73 Å². The molecule has 0 aromatic carbocycles.